The second-order valence-corrected chi connectivity index (χ2v) is 7.00. The quantitative estimate of drug-likeness (QED) is 0.414. The second kappa shape index (κ2) is 9.26. The summed E-state index contributed by atoms with van der Waals surface area (Å²) in [7, 11) is 3.01. The van der Waals surface area contributed by atoms with Gasteiger partial charge in [0.15, 0.2) is 17.2 Å². The Hall–Kier alpha value is -4.26. The van der Waals surface area contributed by atoms with Gasteiger partial charge < -0.3 is 24.5 Å². The van der Waals surface area contributed by atoms with Crippen LogP contribution in [0.4, 0.5) is 11.4 Å². The third-order valence-electron chi connectivity index (χ3n) is 5.01. The highest BCUT2D eigenvalue weighted by atomic mass is 16.5. The molecule has 1 heterocycles. The highest BCUT2D eigenvalue weighted by Crippen LogP contribution is 2.31. The van der Waals surface area contributed by atoms with E-state index in [9.17, 15) is 9.59 Å². The molecular formula is C25H22N2O5. The predicted octanol–water partition coefficient (Wildman–Crippen LogP) is 4.67. The average Bonchev–Trinajstić information content (AvgIpc) is 2.83. The van der Waals surface area contributed by atoms with Gasteiger partial charge in [-0.15, -0.1) is 0 Å². The van der Waals surface area contributed by atoms with Gasteiger partial charge in [-0.05, 0) is 35.9 Å². The molecule has 0 aliphatic rings. The number of para-hydroxylation sites is 1. The van der Waals surface area contributed by atoms with E-state index in [1.54, 1.807) is 30.3 Å². The molecule has 3 aromatic carbocycles. The number of methoxy groups -OCH3 is 2. The lowest BCUT2D eigenvalue weighted by Gasteiger charge is -2.15. The Bertz CT molecular complexity index is 1320. The minimum Gasteiger partial charge on any atom is -0.493 e. The summed E-state index contributed by atoms with van der Waals surface area (Å²) in [5.41, 5.74) is 1.66. The zero-order chi connectivity index (χ0) is 22.5. The van der Waals surface area contributed by atoms with Gasteiger partial charge in [-0.25, -0.2) is 4.79 Å². The number of carbonyl (C=O) groups excluding carboxylic acids is 1. The highest BCUT2D eigenvalue weighted by molar-refractivity contribution is 6.08. The van der Waals surface area contributed by atoms with Crippen molar-refractivity contribution in [2.75, 3.05) is 24.9 Å². The molecule has 0 aliphatic carbocycles. The van der Waals surface area contributed by atoms with Crippen LogP contribution in [0.1, 0.15) is 15.9 Å². The minimum absolute atomic E-state index is 0.0411. The summed E-state index contributed by atoms with van der Waals surface area (Å²) in [6.45, 7) is 0.466. The lowest BCUT2D eigenvalue weighted by Crippen LogP contribution is -2.20. The number of amides is 1. The Labute approximate surface area is 184 Å². The molecule has 4 rings (SSSR count). The lowest BCUT2D eigenvalue weighted by atomic mass is 10.1. The van der Waals surface area contributed by atoms with Gasteiger partial charge >= 0.3 is 5.63 Å². The molecule has 7 heteroatoms. The normalized spacial score (nSPS) is 10.6. The van der Waals surface area contributed by atoms with Gasteiger partial charge in [-0.1, -0.05) is 42.5 Å². The Morgan fingerprint density at radius 1 is 0.875 bits per heavy atom. The van der Waals surface area contributed by atoms with Gasteiger partial charge in [0.1, 0.15) is 5.58 Å². The first kappa shape index (κ1) is 21.0. The Morgan fingerprint density at radius 2 is 1.59 bits per heavy atom. The molecule has 4 aromatic rings. The maximum atomic E-state index is 13.0. The number of fused-ring (bicyclic) bond motifs is 1. The highest BCUT2D eigenvalue weighted by Gasteiger charge is 2.19. The third-order valence-corrected chi connectivity index (χ3v) is 5.01. The maximum Gasteiger partial charge on any atom is 0.362 e. The maximum absolute atomic E-state index is 13.0. The topological polar surface area (TPSA) is 89.8 Å². The predicted molar refractivity (Wildman–Crippen MR) is 124 cm³/mol. The number of ether oxygens (including phenoxy) is 2. The molecule has 0 bridgehead atoms. The van der Waals surface area contributed by atoms with Crippen molar-refractivity contribution in [3.63, 3.8) is 0 Å². The van der Waals surface area contributed by atoms with Gasteiger partial charge in [0, 0.05) is 17.5 Å². The van der Waals surface area contributed by atoms with E-state index < -0.39 is 11.5 Å². The number of nitrogens with one attached hydrogen (secondary N) is 2. The van der Waals surface area contributed by atoms with E-state index in [1.165, 1.54) is 14.2 Å². The van der Waals surface area contributed by atoms with Crippen LogP contribution in [0.15, 0.2) is 82.0 Å². The van der Waals surface area contributed by atoms with Crippen molar-refractivity contribution in [2.45, 2.75) is 6.54 Å². The molecule has 0 atom stereocenters. The summed E-state index contributed by atoms with van der Waals surface area (Å²) in [6.07, 6.45) is 0. The van der Waals surface area contributed by atoms with Crippen molar-refractivity contribution in [1.82, 2.24) is 0 Å². The number of anilines is 2. The van der Waals surface area contributed by atoms with E-state index in [2.05, 4.69) is 10.6 Å². The van der Waals surface area contributed by atoms with Crippen LogP contribution < -0.4 is 25.7 Å². The summed E-state index contributed by atoms with van der Waals surface area (Å²) < 4.78 is 15.9. The van der Waals surface area contributed by atoms with Crippen LogP contribution in [0.5, 0.6) is 11.5 Å². The zero-order valence-corrected chi connectivity index (χ0v) is 17.7. The number of hydrogen-bond acceptors (Lipinski definition) is 6. The zero-order valence-electron chi connectivity index (χ0n) is 17.7. The molecular weight excluding hydrogens is 408 g/mol. The van der Waals surface area contributed by atoms with E-state index in [4.69, 9.17) is 13.9 Å². The molecule has 0 fully saturated rings. The fourth-order valence-electron chi connectivity index (χ4n) is 3.40. The van der Waals surface area contributed by atoms with Gasteiger partial charge in [0.05, 0.1) is 19.9 Å². The van der Waals surface area contributed by atoms with Crippen LogP contribution in [0.3, 0.4) is 0 Å². The third kappa shape index (κ3) is 4.27. The van der Waals surface area contributed by atoms with Crippen molar-refractivity contribution in [3.05, 3.63) is 94.3 Å². The Kier molecular flexibility index (Phi) is 6.07. The van der Waals surface area contributed by atoms with Crippen molar-refractivity contribution >= 4 is 28.3 Å². The first-order chi connectivity index (χ1) is 15.6. The standard InChI is InChI=1S/C25H22N2O5/c1-30-20-13-12-17(14-21(20)31-2)24(28)27-23-22(26-15-16-8-4-3-5-9-16)18-10-6-7-11-19(18)32-25(23)29/h3-14,26H,15H2,1-2H3,(H,27,28). The van der Waals surface area contributed by atoms with E-state index in [1.807, 2.05) is 42.5 Å². The van der Waals surface area contributed by atoms with Gasteiger partial charge in [-0.3, -0.25) is 4.79 Å². The molecule has 0 saturated heterocycles. The molecule has 0 saturated carbocycles. The smallest absolute Gasteiger partial charge is 0.362 e. The molecule has 162 valence electrons. The monoisotopic (exact) mass is 430 g/mol. The Morgan fingerprint density at radius 3 is 2.34 bits per heavy atom. The van der Waals surface area contributed by atoms with Crippen molar-refractivity contribution < 1.29 is 18.7 Å². The molecule has 2 N–H and O–H groups in total. The van der Waals surface area contributed by atoms with Crippen LogP contribution in [-0.4, -0.2) is 20.1 Å². The van der Waals surface area contributed by atoms with E-state index in [-0.39, 0.29) is 5.69 Å². The molecule has 0 aliphatic heterocycles. The van der Waals surface area contributed by atoms with E-state index >= 15 is 0 Å². The van der Waals surface area contributed by atoms with Crippen LogP contribution >= 0.6 is 0 Å². The van der Waals surface area contributed by atoms with Gasteiger partial charge in [0.25, 0.3) is 5.91 Å². The van der Waals surface area contributed by atoms with E-state index in [0.29, 0.717) is 40.3 Å². The molecule has 1 amide bonds. The number of rotatable bonds is 7. The van der Waals surface area contributed by atoms with E-state index in [0.717, 1.165) is 5.56 Å². The second-order valence-electron chi connectivity index (χ2n) is 7.00. The molecule has 0 spiro atoms. The van der Waals surface area contributed by atoms with Gasteiger partial charge in [0.2, 0.25) is 0 Å². The number of carbonyl (C=O) groups is 1. The van der Waals surface area contributed by atoms with Crippen molar-refractivity contribution in [1.29, 1.82) is 0 Å². The van der Waals surface area contributed by atoms with Crippen LogP contribution in [0.25, 0.3) is 11.0 Å². The molecule has 1 aromatic heterocycles. The fourth-order valence-corrected chi connectivity index (χ4v) is 3.40. The summed E-state index contributed by atoms with van der Waals surface area (Å²) in [6, 6.07) is 21.7. The van der Waals surface area contributed by atoms with Crippen LogP contribution in [0, 0.1) is 0 Å². The summed E-state index contributed by atoms with van der Waals surface area (Å²) >= 11 is 0. The van der Waals surface area contributed by atoms with Gasteiger partial charge in [-0.2, -0.15) is 0 Å². The van der Waals surface area contributed by atoms with Crippen LogP contribution in [-0.2, 0) is 6.54 Å². The summed E-state index contributed by atoms with van der Waals surface area (Å²) in [4.78, 5) is 25.8. The molecule has 0 unspecified atom stereocenters. The molecule has 7 nitrogen and oxygen atoms in total. The summed E-state index contributed by atoms with van der Waals surface area (Å²) in [5, 5.41) is 6.69. The lowest BCUT2D eigenvalue weighted by molar-refractivity contribution is 0.102. The van der Waals surface area contributed by atoms with Crippen molar-refractivity contribution in [3.8, 4) is 11.5 Å². The average molecular weight is 430 g/mol. The Balaban J connectivity index is 1.72. The van der Waals surface area contributed by atoms with Crippen LogP contribution in [0.2, 0.25) is 0 Å². The molecule has 32 heavy (non-hydrogen) atoms. The largest absolute Gasteiger partial charge is 0.493 e. The molecule has 0 radical (unpaired) electrons. The summed E-state index contributed by atoms with van der Waals surface area (Å²) in [5.74, 6) is 0.434. The number of benzene rings is 3. The first-order valence-electron chi connectivity index (χ1n) is 9.97. The number of hydrogen-bond donors (Lipinski definition) is 2. The minimum atomic E-state index is -0.645. The van der Waals surface area contributed by atoms with Crippen molar-refractivity contribution in [2.24, 2.45) is 0 Å². The fraction of sp³-hybridized carbons (Fsp3) is 0.120. The first-order valence-corrected chi connectivity index (χ1v) is 9.97. The SMILES string of the molecule is COc1ccc(C(=O)Nc2c(NCc3ccccc3)c3ccccc3oc2=O)cc1OC.